The molecule has 2 N–H and O–H groups in total. The first-order chi connectivity index (χ1) is 11.5. The van der Waals surface area contributed by atoms with Crippen molar-refractivity contribution < 1.29 is 14.7 Å². The summed E-state index contributed by atoms with van der Waals surface area (Å²) in [6, 6.07) is 7.66. The number of anilines is 1. The van der Waals surface area contributed by atoms with Crippen LogP contribution in [0.5, 0.6) is 0 Å². The smallest absolute Gasteiger partial charge is 0.242 e. The standard InChI is InChI=1S/C17H24ClN3O3/c1-2-13(12-22)17(24)19-11-16(23)21-9-7-20(8-10-21)15-5-3-14(18)4-6-15/h3-6,13,22H,2,7-12H2,1H3,(H,19,24)/t13-/m0/s1. The Morgan fingerprint density at radius 2 is 1.83 bits per heavy atom. The molecule has 1 saturated heterocycles. The van der Waals surface area contributed by atoms with Crippen molar-refractivity contribution in [2.45, 2.75) is 13.3 Å². The highest BCUT2D eigenvalue weighted by molar-refractivity contribution is 6.30. The van der Waals surface area contributed by atoms with Gasteiger partial charge in [0.2, 0.25) is 11.8 Å². The van der Waals surface area contributed by atoms with Crippen LogP contribution in [0.25, 0.3) is 0 Å². The van der Waals surface area contributed by atoms with E-state index in [1.165, 1.54) is 0 Å². The molecule has 2 amide bonds. The summed E-state index contributed by atoms with van der Waals surface area (Å²) in [5, 5.41) is 12.4. The Bertz CT molecular complexity index is 553. The highest BCUT2D eigenvalue weighted by atomic mass is 35.5. The minimum atomic E-state index is -0.445. The Balaban J connectivity index is 1.78. The number of hydrogen-bond acceptors (Lipinski definition) is 4. The first kappa shape index (κ1) is 18.5. The number of amides is 2. The van der Waals surface area contributed by atoms with Gasteiger partial charge in [0.25, 0.3) is 0 Å². The Hall–Kier alpha value is -1.79. The van der Waals surface area contributed by atoms with Crippen LogP contribution in [0.15, 0.2) is 24.3 Å². The number of nitrogens with one attached hydrogen (secondary N) is 1. The molecule has 132 valence electrons. The highest BCUT2D eigenvalue weighted by Gasteiger charge is 2.22. The summed E-state index contributed by atoms with van der Waals surface area (Å²) in [7, 11) is 0. The normalized spacial score (nSPS) is 16.0. The van der Waals surface area contributed by atoms with Crippen molar-refractivity contribution >= 4 is 29.1 Å². The molecule has 0 saturated carbocycles. The SMILES string of the molecule is CC[C@@H](CO)C(=O)NCC(=O)N1CCN(c2ccc(Cl)cc2)CC1. The second-order valence-electron chi connectivity index (χ2n) is 5.85. The summed E-state index contributed by atoms with van der Waals surface area (Å²) in [6.07, 6.45) is 0.552. The van der Waals surface area contributed by atoms with Gasteiger partial charge in [0.05, 0.1) is 19.1 Å². The summed E-state index contributed by atoms with van der Waals surface area (Å²) in [4.78, 5) is 28.0. The number of rotatable bonds is 6. The van der Waals surface area contributed by atoms with Gasteiger partial charge in [-0.2, -0.15) is 0 Å². The molecule has 2 rings (SSSR count). The van der Waals surface area contributed by atoms with E-state index in [1.807, 2.05) is 31.2 Å². The average molecular weight is 354 g/mol. The van der Waals surface area contributed by atoms with Crippen LogP contribution in [0, 0.1) is 5.92 Å². The van der Waals surface area contributed by atoms with Crippen LogP contribution < -0.4 is 10.2 Å². The van der Waals surface area contributed by atoms with Gasteiger partial charge in [-0.05, 0) is 30.7 Å². The second-order valence-corrected chi connectivity index (χ2v) is 6.29. The van der Waals surface area contributed by atoms with E-state index in [0.29, 0.717) is 24.5 Å². The Morgan fingerprint density at radius 3 is 2.38 bits per heavy atom. The highest BCUT2D eigenvalue weighted by Crippen LogP contribution is 2.19. The van der Waals surface area contributed by atoms with E-state index >= 15 is 0 Å². The number of hydrogen-bond donors (Lipinski definition) is 2. The first-order valence-corrected chi connectivity index (χ1v) is 8.59. The number of piperazine rings is 1. The fraction of sp³-hybridized carbons (Fsp3) is 0.529. The molecule has 1 heterocycles. The first-order valence-electron chi connectivity index (χ1n) is 8.22. The van der Waals surface area contributed by atoms with Gasteiger partial charge in [-0.15, -0.1) is 0 Å². The lowest BCUT2D eigenvalue weighted by atomic mass is 10.1. The predicted octanol–water partition coefficient (Wildman–Crippen LogP) is 1.12. The van der Waals surface area contributed by atoms with E-state index in [0.717, 1.165) is 18.8 Å². The van der Waals surface area contributed by atoms with Gasteiger partial charge in [0.1, 0.15) is 0 Å². The van der Waals surface area contributed by atoms with Gasteiger partial charge in [-0.25, -0.2) is 0 Å². The lowest BCUT2D eigenvalue weighted by Gasteiger charge is -2.36. The topological polar surface area (TPSA) is 72.9 Å². The van der Waals surface area contributed by atoms with E-state index < -0.39 is 5.92 Å². The number of nitrogens with zero attached hydrogens (tertiary/aromatic N) is 2. The van der Waals surface area contributed by atoms with Crippen LogP contribution in [-0.2, 0) is 9.59 Å². The number of halogens is 1. The molecule has 1 atom stereocenters. The molecular weight excluding hydrogens is 330 g/mol. The molecule has 1 aromatic rings. The summed E-state index contributed by atoms with van der Waals surface area (Å²) in [5.41, 5.74) is 1.09. The van der Waals surface area contributed by atoms with Crippen LogP contribution in [0.2, 0.25) is 5.02 Å². The van der Waals surface area contributed by atoms with Gasteiger partial charge in [-0.1, -0.05) is 18.5 Å². The minimum absolute atomic E-state index is 0.0176. The summed E-state index contributed by atoms with van der Waals surface area (Å²) in [6.45, 7) is 4.35. The maximum absolute atomic E-state index is 12.2. The molecule has 0 radical (unpaired) electrons. The number of benzene rings is 1. The molecule has 0 unspecified atom stereocenters. The minimum Gasteiger partial charge on any atom is -0.396 e. The Labute approximate surface area is 147 Å². The number of aliphatic hydroxyl groups is 1. The zero-order valence-electron chi connectivity index (χ0n) is 13.9. The van der Waals surface area contributed by atoms with Crippen LogP contribution in [0.3, 0.4) is 0 Å². The molecule has 24 heavy (non-hydrogen) atoms. The lowest BCUT2D eigenvalue weighted by molar-refractivity contribution is -0.134. The van der Waals surface area contributed by atoms with Gasteiger partial charge in [0.15, 0.2) is 0 Å². The third-order valence-electron chi connectivity index (χ3n) is 4.32. The molecule has 7 heteroatoms. The van der Waals surface area contributed by atoms with Crippen molar-refractivity contribution in [1.29, 1.82) is 0 Å². The van der Waals surface area contributed by atoms with E-state index in [-0.39, 0.29) is 25.0 Å². The quantitative estimate of drug-likeness (QED) is 0.804. The second kappa shape index (κ2) is 8.89. The van der Waals surface area contributed by atoms with E-state index in [9.17, 15) is 9.59 Å². The fourth-order valence-corrected chi connectivity index (χ4v) is 2.81. The third kappa shape index (κ3) is 4.85. The molecule has 1 aliphatic rings. The van der Waals surface area contributed by atoms with Crippen LogP contribution in [0.4, 0.5) is 5.69 Å². The molecular formula is C17H24ClN3O3. The Morgan fingerprint density at radius 1 is 1.21 bits per heavy atom. The van der Waals surface area contributed by atoms with Crippen molar-refractivity contribution in [3.63, 3.8) is 0 Å². The summed E-state index contributed by atoms with van der Waals surface area (Å²) >= 11 is 5.90. The van der Waals surface area contributed by atoms with Crippen molar-refractivity contribution in [2.75, 3.05) is 44.2 Å². The van der Waals surface area contributed by atoms with Crippen molar-refractivity contribution in [3.8, 4) is 0 Å². The average Bonchev–Trinajstić information content (AvgIpc) is 2.61. The molecule has 1 aromatic carbocycles. The molecule has 0 aromatic heterocycles. The van der Waals surface area contributed by atoms with Gasteiger partial charge in [0, 0.05) is 36.9 Å². The number of aliphatic hydroxyl groups excluding tert-OH is 1. The number of carbonyl (C=O) groups excluding carboxylic acids is 2. The van der Waals surface area contributed by atoms with Gasteiger partial charge in [-0.3, -0.25) is 9.59 Å². The van der Waals surface area contributed by atoms with Gasteiger partial charge < -0.3 is 20.2 Å². The van der Waals surface area contributed by atoms with E-state index in [1.54, 1.807) is 4.90 Å². The number of carbonyl (C=O) groups is 2. The Kier molecular flexibility index (Phi) is 6.87. The molecule has 0 bridgehead atoms. The maximum Gasteiger partial charge on any atom is 0.242 e. The molecule has 0 spiro atoms. The van der Waals surface area contributed by atoms with Crippen molar-refractivity contribution in [3.05, 3.63) is 29.3 Å². The fourth-order valence-electron chi connectivity index (χ4n) is 2.68. The third-order valence-corrected chi connectivity index (χ3v) is 4.57. The van der Waals surface area contributed by atoms with Crippen molar-refractivity contribution in [1.82, 2.24) is 10.2 Å². The summed E-state index contributed by atoms with van der Waals surface area (Å²) < 4.78 is 0. The molecule has 1 fully saturated rings. The maximum atomic E-state index is 12.2. The van der Waals surface area contributed by atoms with E-state index in [4.69, 9.17) is 16.7 Å². The zero-order chi connectivity index (χ0) is 17.5. The monoisotopic (exact) mass is 353 g/mol. The molecule has 6 nitrogen and oxygen atoms in total. The molecule has 0 aliphatic carbocycles. The summed E-state index contributed by atoms with van der Waals surface area (Å²) in [5.74, 6) is -0.806. The van der Waals surface area contributed by atoms with Gasteiger partial charge >= 0.3 is 0 Å². The van der Waals surface area contributed by atoms with Crippen LogP contribution in [-0.4, -0.2) is 61.2 Å². The van der Waals surface area contributed by atoms with E-state index in [2.05, 4.69) is 10.2 Å². The van der Waals surface area contributed by atoms with Crippen LogP contribution >= 0.6 is 11.6 Å². The largest absolute Gasteiger partial charge is 0.396 e. The van der Waals surface area contributed by atoms with Crippen LogP contribution in [0.1, 0.15) is 13.3 Å². The lowest BCUT2D eigenvalue weighted by Crippen LogP contribution is -2.51. The molecule has 1 aliphatic heterocycles. The predicted molar refractivity (Wildman–Crippen MR) is 94.1 cm³/mol. The van der Waals surface area contributed by atoms with Crippen molar-refractivity contribution in [2.24, 2.45) is 5.92 Å². The zero-order valence-corrected chi connectivity index (χ0v) is 14.6.